The molecule has 0 fully saturated rings. The second-order valence-corrected chi connectivity index (χ2v) is 9.90. The summed E-state index contributed by atoms with van der Waals surface area (Å²) in [5, 5.41) is 0. The fourth-order valence-corrected chi connectivity index (χ4v) is 5.54. The highest BCUT2D eigenvalue weighted by Crippen LogP contribution is 2.30. The Kier molecular flexibility index (Phi) is 7.09. The SMILES string of the molecule is COc1ccc(S(=O)(=O)Nc2cccc(C(=O)CSC3=NCCS3)c2)cc1OC. The van der Waals surface area contributed by atoms with E-state index in [2.05, 4.69) is 9.71 Å². The number of hydrogen-bond donors (Lipinski definition) is 1. The van der Waals surface area contributed by atoms with Gasteiger partial charge < -0.3 is 9.47 Å². The maximum Gasteiger partial charge on any atom is 0.262 e. The van der Waals surface area contributed by atoms with Gasteiger partial charge in [0.1, 0.15) is 4.38 Å². The molecule has 1 aliphatic rings. The predicted molar refractivity (Wildman–Crippen MR) is 118 cm³/mol. The van der Waals surface area contributed by atoms with Gasteiger partial charge in [0, 0.05) is 23.1 Å². The van der Waals surface area contributed by atoms with Crippen LogP contribution in [0.2, 0.25) is 0 Å². The highest BCUT2D eigenvalue weighted by Gasteiger charge is 2.18. The predicted octanol–water partition coefficient (Wildman–Crippen LogP) is 3.52. The van der Waals surface area contributed by atoms with Gasteiger partial charge >= 0.3 is 0 Å². The molecule has 1 N–H and O–H groups in total. The van der Waals surface area contributed by atoms with Gasteiger partial charge in [-0.3, -0.25) is 14.5 Å². The van der Waals surface area contributed by atoms with Crippen molar-refractivity contribution in [3.63, 3.8) is 0 Å². The number of nitrogens with one attached hydrogen (secondary N) is 1. The van der Waals surface area contributed by atoms with Crippen molar-refractivity contribution in [3.8, 4) is 11.5 Å². The zero-order valence-corrected chi connectivity index (χ0v) is 18.3. The smallest absolute Gasteiger partial charge is 0.262 e. The summed E-state index contributed by atoms with van der Waals surface area (Å²) in [7, 11) is -0.953. The van der Waals surface area contributed by atoms with Crippen LogP contribution in [0.3, 0.4) is 0 Å². The third-order valence-electron chi connectivity index (χ3n) is 3.99. The molecule has 0 radical (unpaired) electrons. The standard InChI is InChI=1S/C19H20N2O5S3/c1-25-17-7-6-15(11-18(17)26-2)29(23,24)21-14-5-3-4-13(10-14)16(22)12-28-19-20-8-9-27-19/h3-7,10-11,21H,8-9,12H2,1-2H3. The Morgan fingerprint density at radius 3 is 2.66 bits per heavy atom. The lowest BCUT2D eigenvalue weighted by Crippen LogP contribution is -2.14. The normalized spacial score (nSPS) is 13.7. The Morgan fingerprint density at radius 2 is 1.97 bits per heavy atom. The van der Waals surface area contributed by atoms with Gasteiger partial charge in [-0.2, -0.15) is 0 Å². The molecule has 1 aliphatic heterocycles. The van der Waals surface area contributed by atoms with Gasteiger partial charge in [-0.05, 0) is 24.3 Å². The second kappa shape index (κ2) is 9.55. The summed E-state index contributed by atoms with van der Waals surface area (Å²) in [6.07, 6.45) is 0. The first-order chi connectivity index (χ1) is 13.9. The fraction of sp³-hybridized carbons (Fsp3) is 0.263. The van der Waals surface area contributed by atoms with E-state index in [0.29, 0.717) is 22.7 Å². The number of ketones is 1. The number of carbonyl (C=O) groups is 1. The monoisotopic (exact) mass is 452 g/mol. The van der Waals surface area contributed by atoms with E-state index in [9.17, 15) is 13.2 Å². The molecular formula is C19H20N2O5S3. The van der Waals surface area contributed by atoms with Crippen molar-refractivity contribution in [2.75, 3.05) is 37.0 Å². The molecule has 0 unspecified atom stereocenters. The lowest BCUT2D eigenvalue weighted by Gasteiger charge is -2.12. The molecule has 1 heterocycles. The number of carbonyl (C=O) groups excluding carboxylic acids is 1. The van der Waals surface area contributed by atoms with Gasteiger partial charge in [-0.15, -0.1) is 0 Å². The fourth-order valence-electron chi connectivity index (χ4n) is 2.57. The minimum atomic E-state index is -3.86. The average molecular weight is 453 g/mol. The molecule has 0 saturated heterocycles. The Morgan fingerprint density at radius 1 is 1.17 bits per heavy atom. The van der Waals surface area contributed by atoms with E-state index in [4.69, 9.17) is 9.47 Å². The topological polar surface area (TPSA) is 94.1 Å². The van der Waals surface area contributed by atoms with Crippen molar-refractivity contribution in [1.29, 1.82) is 0 Å². The van der Waals surface area contributed by atoms with E-state index in [1.54, 1.807) is 30.0 Å². The molecule has 0 aliphatic carbocycles. The molecule has 3 rings (SSSR count). The molecule has 154 valence electrons. The number of sulfonamides is 1. The van der Waals surface area contributed by atoms with E-state index in [0.717, 1.165) is 16.7 Å². The molecule has 0 atom stereocenters. The number of rotatable bonds is 8. The Hall–Kier alpha value is -2.17. The molecule has 0 aromatic heterocycles. The Balaban J connectivity index is 1.74. The summed E-state index contributed by atoms with van der Waals surface area (Å²) < 4.78 is 39.2. The first-order valence-electron chi connectivity index (χ1n) is 8.61. The Labute approximate surface area is 178 Å². The first kappa shape index (κ1) is 21.5. The molecule has 0 saturated carbocycles. The van der Waals surface area contributed by atoms with Crippen LogP contribution in [0.1, 0.15) is 10.4 Å². The van der Waals surface area contributed by atoms with Crippen LogP contribution >= 0.6 is 23.5 Å². The van der Waals surface area contributed by atoms with Crippen LogP contribution in [0.15, 0.2) is 52.4 Å². The summed E-state index contributed by atoms with van der Waals surface area (Å²) >= 11 is 3.05. The van der Waals surface area contributed by atoms with Gasteiger partial charge in [0.25, 0.3) is 10.0 Å². The number of benzene rings is 2. The van der Waals surface area contributed by atoms with Gasteiger partial charge in [0.15, 0.2) is 17.3 Å². The van der Waals surface area contributed by atoms with Crippen LogP contribution in [-0.4, -0.2) is 50.8 Å². The maximum atomic E-state index is 12.7. The van der Waals surface area contributed by atoms with E-state index < -0.39 is 10.0 Å². The molecule has 7 nitrogen and oxygen atoms in total. The van der Waals surface area contributed by atoms with Crippen molar-refractivity contribution in [2.24, 2.45) is 4.99 Å². The summed E-state index contributed by atoms with van der Waals surface area (Å²) in [6, 6.07) is 10.8. The number of nitrogens with zero attached hydrogens (tertiary/aromatic N) is 1. The summed E-state index contributed by atoms with van der Waals surface area (Å²) in [5.74, 6) is 1.87. The maximum absolute atomic E-state index is 12.7. The zero-order valence-electron chi connectivity index (χ0n) is 15.9. The molecule has 0 amide bonds. The first-order valence-corrected chi connectivity index (χ1v) is 12.1. The zero-order chi connectivity index (χ0) is 20.9. The number of hydrogen-bond acceptors (Lipinski definition) is 8. The summed E-state index contributed by atoms with van der Waals surface area (Å²) in [4.78, 5) is 16.8. The quantitative estimate of drug-likeness (QED) is 0.613. The minimum Gasteiger partial charge on any atom is -0.493 e. The lowest BCUT2D eigenvalue weighted by atomic mass is 10.1. The van der Waals surface area contributed by atoms with Crippen LogP contribution in [0.5, 0.6) is 11.5 Å². The molecule has 0 spiro atoms. The highest BCUT2D eigenvalue weighted by molar-refractivity contribution is 8.39. The molecule has 2 aromatic carbocycles. The van der Waals surface area contributed by atoms with E-state index in [1.165, 1.54) is 50.2 Å². The van der Waals surface area contributed by atoms with Crippen LogP contribution in [0.25, 0.3) is 0 Å². The van der Waals surface area contributed by atoms with Crippen molar-refractivity contribution in [2.45, 2.75) is 4.90 Å². The van der Waals surface area contributed by atoms with Crippen molar-refractivity contribution >= 4 is 49.4 Å². The molecule has 2 aromatic rings. The highest BCUT2D eigenvalue weighted by atomic mass is 32.2. The number of aliphatic imine (C=N–C) groups is 1. The lowest BCUT2D eigenvalue weighted by molar-refractivity contribution is 0.102. The van der Waals surface area contributed by atoms with Crippen LogP contribution < -0.4 is 14.2 Å². The van der Waals surface area contributed by atoms with Crippen molar-refractivity contribution in [1.82, 2.24) is 0 Å². The van der Waals surface area contributed by atoms with Gasteiger partial charge in [-0.25, -0.2) is 8.42 Å². The number of Topliss-reactive ketones (excluding diaryl/α,β-unsaturated/α-hetero) is 1. The number of methoxy groups -OCH3 is 2. The van der Waals surface area contributed by atoms with E-state index >= 15 is 0 Å². The van der Waals surface area contributed by atoms with E-state index in [1.807, 2.05) is 0 Å². The van der Waals surface area contributed by atoms with Crippen LogP contribution in [0.4, 0.5) is 5.69 Å². The van der Waals surface area contributed by atoms with Gasteiger partial charge in [0.2, 0.25) is 0 Å². The van der Waals surface area contributed by atoms with E-state index in [-0.39, 0.29) is 16.4 Å². The minimum absolute atomic E-state index is 0.0266. The summed E-state index contributed by atoms with van der Waals surface area (Å²) in [6.45, 7) is 0.786. The molecular weight excluding hydrogens is 432 g/mol. The van der Waals surface area contributed by atoms with Crippen molar-refractivity contribution < 1.29 is 22.7 Å². The van der Waals surface area contributed by atoms with Crippen molar-refractivity contribution in [3.05, 3.63) is 48.0 Å². The number of anilines is 1. The average Bonchev–Trinajstić information content (AvgIpc) is 3.25. The molecule has 0 bridgehead atoms. The summed E-state index contributed by atoms with van der Waals surface area (Å²) in [5.41, 5.74) is 0.747. The van der Waals surface area contributed by atoms with Gasteiger partial charge in [0.05, 0.1) is 31.4 Å². The number of ether oxygens (including phenoxy) is 2. The molecule has 29 heavy (non-hydrogen) atoms. The third kappa shape index (κ3) is 5.46. The Bertz CT molecular complexity index is 1040. The van der Waals surface area contributed by atoms with Crippen LogP contribution in [-0.2, 0) is 10.0 Å². The molecule has 10 heteroatoms. The van der Waals surface area contributed by atoms with Crippen LogP contribution in [0, 0.1) is 0 Å². The largest absolute Gasteiger partial charge is 0.493 e. The second-order valence-electron chi connectivity index (χ2n) is 5.91. The number of thioether (sulfide) groups is 2. The third-order valence-corrected chi connectivity index (χ3v) is 7.62. The van der Waals surface area contributed by atoms with Gasteiger partial charge in [-0.1, -0.05) is 35.7 Å².